The molecule has 0 fully saturated rings. The number of hydrogen-bond donors (Lipinski definition) is 1. The van der Waals surface area contributed by atoms with Crippen molar-refractivity contribution < 1.29 is 4.74 Å². The third-order valence-electron chi connectivity index (χ3n) is 2.27. The fourth-order valence-electron chi connectivity index (χ4n) is 1.71. The normalized spacial score (nSPS) is 15.1. The Morgan fingerprint density at radius 2 is 2.00 bits per heavy atom. The summed E-state index contributed by atoms with van der Waals surface area (Å²) in [4.78, 5) is 0. The van der Waals surface area contributed by atoms with E-state index in [2.05, 4.69) is 32.7 Å². The van der Waals surface area contributed by atoms with Crippen LogP contribution in [0.5, 0.6) is 0 Å². The van der Waals surface area contributed by atoms with Crippen LogP contribution >= 0.6 is 0 Å². The molecule has 0 aromatic carbocycles. The van der Waals surface area contributed by atoms with E-state index in [9.17, 15) is 0 Å². The molecule has 0 aromatic heterocycles. The molecule has 0 aliphatic heterocycles. The second-order valence-electron chi connectivity index (χ2n) is 3.73. The second kappa shape index (κ2) is 8.01. The second-order valence-corrected chi connectivity index (χ2v) is 3.73. The summed E-state index contributed by atoms with van der Waals surface area (Å²) < 4.78 is 5.70. The Morgan fingerprint density at radius 3 is 2.36 bits per heavy atom. The Hall–Kier alpha value is -0.340. The zero-order valence-corrected chi connectivity index (χ0v) is 10.1. The van der Waals surface area contributed by atoms with E-state index in [1.165, 1.54) is 5.57 Å². The maximum Gasteiger partial charge on any atom is 0.0728 e. The molecule has 1 N–H and O–H groups in total. The smallest absolute Gasteiger partial charge is 0.0728 e. The first-order chi connectivity index (χ1) is 6.65. The molecule has 0 radical (unpaired) electrons. The zero-order chi connectivity index (χ0) is 11.0. The van der Waals surface area contributed by atoms with Crippen LogP contribution in [-0.2, 0) is 4.74 Å². The Morgan fingerprint density at radius 1 is 1.36 bits per heavy atom. The van der Waals surface area contributed by atoms with Gasteiger partial charge in [-0.3, -0.25) is 0 Å². The van der Waals surface area contributed by atoms with E-state index in [-0.39, 0.29) is 0 Å². The van der Waals surface area contributed by atoms with Gasteiger partial charge in [0.25, 0.3) is 0 Å². The SMILES string of the molecule is C=C(C)CC(NCC)C(CC)OCC. The van der Waals surface area contributed by atoms with Crippen LogP contribution < -0.4 is 5.32 Å². The first kappa shape index (κ1) is 13.7. The molecule has 0 aliphatic rings. The summed E-state index contributed by atoms with van der Waals surface area (Å²) in [7, 11) is 0. The van der Waals surface area contributed by atoms with E-state index >= 15 is 0 Å². The minimum atomic E-state index is 0.316. The van der Waals surface area contributed by atoms with Crippen LogP contribution in [-0.4, -0.2) is 25.3 Å². The number of likely N-dealkylation sites (N-methyl/N-ethyl adjacent to an activating group) is 1. The van der Waals surface area contributed by atoms with Crippen molar-refractivity contribution in [2.24, 2.45) is 0 Å². The highest BCUT2D eigenvalue weighted by atomic mass is 16.5. The van der Waals surface area contributed by atoms with Gasteiger partial charge in [0.05, 0.1) is 6.10 Å². The van der Waals surface area contributed by atoms with Crippen LogP contribution in [0, 0.1) is 0 Å². The van der Waals surface area contributed by atoms with Crippen LogP contribution in [0.3, 0.4) is 0 Å². The van der Waals surface area contributed by atoms with Crippen molar-refractivity contribution in [1.82, 2.24) is 5.32 Å². The molecule has 0 amide bonds. The number of ether oxygens (including phenoxy) is 1. The Bertz CT molecular complexity index is 156. The van der Waals surface area contributed by atoms with E-state index in [4.69, 9.17) is 4.74 Å². The van der Waals surface area contributed by atoms with Crippen LogP contribution in [0.1, 0.15) is 40.5 Å². The predicted molar refractivity (Wildman–Crippen MR) is 62.6 cm³/mol. The Labute approximate surface area is 88.7 Å². The predicted octanol–water partition coefficient (Wildman–Crippen LogP) is 2.75. The highest BCUT2D eigenvalue weighted by molar-refractivity contribution is 4.95. The van der Waals surface area contributed by atoms with E-state index in [1.54, 1.807) is 0 Å². The fourth-order valence-corrected chi connectivity index (χ4v) is 1.71. The molecule has 14 heavy (non-hydrogen) atoms. The van der Waals surface area contributed by atoms with Crippen molar-refractivity contribution >= 4 is 0 Å². The molecule has 0 saturated carbocycles. The number of hydrogen-bond acceptors (Lipinski definition) is 2. The summed E-state index contributed by atoms with van der Waals surface area (Å²) in [6.45, 7) is 14.2. The maximum absolute atomic E-state index is 5.70. The molecular formula is C12H25NO. The van der Waals surface area contributed by atoms with Gasteiger partial charge >= 0.3 is 0 Å². The average molecular weight is 199 g/mol. The Balaban J connectivity index is 4.18. The van der Waals surface area contributed by atoms with Gasteiger partial charge in [-0.1, -0.05) is 19.4 Å². The molecular weight excluding hydrogens is 174 g/mol. The van der Waals surface area contributed by atoms with Crippen molar-refractivity contribution in [3.05, 3.63) is 12.2 Å². The molecule has 2 heteroatoms. The van der Waals surface area contributed by atoms with Crippen molar-refractivity contribution in [2.75, 3.05) is 13.2 Å². The lowest BCUT2D eigenvalue weighted by Crippen LogP contribution is -2.41. The van der Waals surface area contributed by atoms with Gasteiger partial charge in [0.15, 0.2) is 0 Å². The number of nitrogens with one attached hydrogen (secondary N) is 1. The van der Waals surface area contributed by atoms with Crippen LogP contribution in [0.4, 0.5) is 0 Å². The first-order valence-electron chi connectivity index (χ1n) is 5.64. The summed E-state index contributed by atoms with van der Waals surface area (Å²) in [5.41, 5.74) is 1.22. The standard InChI is InChI=1S/C12H25NO/c1-6-12(14-8-3)11(13-7-2)9-10(4)5/h11-13H,4,6-9H2,1-3,5H3. The van der Waals surface area contributed by atoms with Gasteiger partial charge < -0.3 is 10.1 Å². The van der Waals surface area contributed by atoms with Gasteiger partial charge in [-0.2, -0.15) is 0 Å². The minimum absolute atomic E-state index is 0.316. The summed E-state index contributed by atoms with van der Waals surface area (Å²) >= 11 is 0. The summed E-state index contributed by atoms with van der Waals surface area (Å²) in [5.74, 6) is 0. The minimum Gasteiger partial charge on any atom is -0.377 e. The van der Waals surface area contributed by atoms with Gasteiger partial charge in [0, 0.05) is 12.6 Å². The lowest BCUT2D eigenvalue weighted by atomic mass is 10.0. The van der Waals surface area contributed by atoms with Crippen LogP contribution in [0.25, 0.3) is 0 Å². The third kappa shape index (κ3) is 5.40. The molecule has 2 unspecified atom stereocenters. The summed E-state index contributed by atoms with van der Waals surface area (Å²) in [6.07, 6.45) is 2.38. The lowest BCUT2D eigenvalue weighted by Gasteiger charge is -2.27. The molecule has 0 bridgehead atoms. The molecule has 2 nitrogen and oxygen atoms in total. The average Bonchev–Trinajstić information content (AvgIpc) is 2.13. The lowest BCUT2D eigenvalue weighted by molar-refractivity contribution is 0.0324. The third-order valence-corrected chi connectivity index (χ3v) is 2.27. The fraction of sp³-hybridized carbons (Fsp3) is 0.833. The first-order valence-corrected chi connectivity index (χ1v) is 5.64. The zero-order valence-electron chi connectivity index (χ0n) is 10.1. The molecule has 0 spiro atoms. The monoisotopic (exact) mass is 199 g/mol. The summed E-state index contributed by atoms with van der Waals surface area (Å²) in [6, 6.07) is 0.419. The van der Waals surface area contributed by atoms with Crippen LogP contribution in [0.15, 0.2) is 12.2 Å². The van der Waals surface area contributed by atoms with Crippen molar-refractivity contribution in [2.45, 2.75) is 52.7 Å². The van der Waals surface area contributed by atoms with E-state index < -0.39 is 0 Å². The van der Waals surface area contributed by atoms with E-state index in [0.717, 1.165) is 26.0 Å². The molecule has 0 saturated heterocycles. The van der Waals surface area contributed by atoms with Crippen molar-refractivity contribution in [3.63, 3.8) is 0 Å². The number of rotatable bonds is 8. The van der Waals surface area contributed by atoms with E-state index in [0.29, 0.717) is 12.1 Å². The van der Waals surface area contributed by atoms with E-state index in [1.807, 2.05) is 6.92 Å². The molecule has 0 heterocycles. The van der Waals surface area contributed by atoms with Gasteiger partial charge in [-0.15, -0.1) is 6.58 Å². The molecule has 0 aromatic rings. The maximum atomic E-state index is 5.70. The highest BCUT2D eigenvalue weighted by Gasteiger charge is 2.18. The molecule has 2 atom stereocenters. The summed E-state index contributed by atoms with van der Waals surface area (Å²) in [5, 5.41) is 3.46. The largest absolute Gasteiger partial charge is 0.377 e. The quantitative estimate of drug-likeness (QED) is 0.607. The van der Waals surface area contributed by atoms with Crippen LogP contribution in [0.2, 0.25) is 0 Å². The molecule has 84 valence electrons. The van der Waals surface area contributed by atoms with Gasteiger partial charge in [-0.05, 0) is 33.2 Å². The van der Waals surface area contributed by atoms with Gasteiger partial charge in [0.1, 0.15) is 0 Å². The van der Waals surface area contributed by atoms with Gasteiger partial charge in [0.2, 0.25) is 0 Å². The van der Waals surface area contributed by atoms with Gasteiger partial charge in [-0.25, -0.2) is 0 Å². The van der Waals surface area contributed by atoms with Crippen molar-refractivity contribution in [3.8, 4) is 0 Å². The molecule has 0 aliphatic carbocycles. The van der Waals surface area contributed by atoms with Crippen molar-refractivity contribution in [1.29, 1.82) is 0 Å². The highest BCUT2D eigenvalue weighted by Crippen LogP contribution is 2.12. The Kier molecular flexibility index (Phi) is 7.81. The topological polar surface area (TPSA) is 21.3 Å². The molecule has 0 rings (SSSR count).